The lowest BCUT2D eigenvalue weighted by atomic mass is 9.74. The van der Waals surface area contributed by atoms with Gasteiger partial charge in [0.15, 0.2) is 11.5 Å². The summed E-state index contributed by atoms with van der Waals surface area (Å²) in [5.74, 6) is 0.291. The number of thioether (sulfide) groups is 2. The molecule has 170 valence electrons. The van der Waals surface area contributed by atoms with Gasteiger partial charge in [-0.15, -0.1) is 23.5 Å². The van der Waals surface area contributed by atoms with Gasteiger partial charge in [0.25, 0.3) is 0 Å². The third-order valence-corrected chi connectivity index (χ3v) is 7.92. The molecule has 0 aliphatic carbocycles. The molecule has 0 atom stereocenters. The molecule has 0 amide bonds. The fraction of sp³-hybridized carbons (Fsp3) is 0.308. The van der Waals surface area contributed by atoms with Crippen molar-refractivity contribution < 1.29 is 10.2 Å². The monoisotopic (exact) mass is 468 g/mol. The van der Waals surface area contributed by atoms with Crippen LogP contribution in [-0.2, 0) is 10.8 Å². The molecule has 0 bridgehead atoms. The van der Waals surface area contributed by atoms with E-state index in [0.717, 1.165) is 32.0 Å². The van der Waals surface area contributed by atoms with Gasteiger partial charge in [0.2, 0.25) is 0 Å². The van der Waals surface area contributed by atoms with Crippen LogP contribution in [0, 0.1) is 0 Å². The van der Waals surface area contributed by atoms with Crippen LogP contribution in [0.2, 0.25) is 0 Å². The smallest absolute Gasteiger partial charge is 0.152 e. The number of hydrogen-bond acceptors (Lipinski definition) is 6. The van der Waals surface area contributed by atoms with Crippen molar-refractivity contribution in [1.29, 1.82) is 0 Å². The second-order valence-electron chi connectivity index (χ2n) is 9.06. The summed E-state index contributed by atoms with van der Waals surface area (Å²) >= 11 is 2.97. The summed E-state index contributed by atoms with van der Waals surface area (Å²) in [6, 6.07) is 16.3. The Morgan fingerprint density at radius 1 is 0.594 bits per heavy atom. The van der Waals surface area contributed by atoms with Crippen molar-refractivity contribution >= 4 is 34.9 Å². The van der Waals surface area contributed by atoms with Crippen molar-refractivity contribution in [3.05, 3.63) is 70.8 Å². The van der Waals surface area contributed by atoms with E-state index in [9.17, 15) is 10.2 Å². The lowest BCUT2D eigenvalue weighted by molar-refractivity contribution is 0.463. The van der Waals surface area contributed by atoms with E-state index in [4.69, 9.17) is 11.5 Å². The number of benzene rings is 3. The Morgan fingerprint density at radius 3 is 1.19 bits per heavy atom. The van der Waals surface area contributed by atoms with Crippen LogP contribution in [0.4, 0.5) is 11.4 Å². The second-order valence-corrected chi connectivity index (χ2v) is 10.8. The van der Waals surface area contributed by atoms with E-state index >= 15 is 0 Å². The van der Waals surface area contributed by atoms with E-state index in [-0.39, 0.29) is 22.3 Å². The summed E-state index contributed by atoms with van der Waals surface area (Å²) in [5, 5.41) is 20.4. The van der Waals surface area contributed by atoms with Crippen molar-refractivity contribution in [2.24, 2.45) is 0 Å². The molecule has 32 heavy (non-hydrogen) atoms. The van der Waals surface area contributed by atoms with Gasteiger partial charge < -0.3 is 21.7 Å². The molecule has 0 aromatic heterocycles. The minimum Gasteiger partial charge on any atom is -0.505 e. The average Bonchev–Trinajstić information content (AvgIpc) is 2.77. The first-order chi connectivity index (χ1) is 14.9. The van der Waals surface area contributed by atoms with E-state index in [1.807, 2.05) is 36.8 Å². The van der Waals surface area contributed by atoms with Crippen LogP contribution in [0.1, 0.15) is 49.9 Å². The molecule has 6 N–H and O–H groups in total. The average molecular weight is 469 g/mol. The zero-order valence-corrected chi connectivity index (χ0v) is 21.1. The van der Waals surface area contributed by atoms with Crippen LogP contribution in [0.3, 0.4) is 0 Å². The number of rotatable bonds is 6. The summed E-state index contributed by atoms with van der Waals surface area (Å²) in [5.41, 5.74) is 16.8. The molecule has 0 aliphatic heterocycles. The summed E-state index contributed by atoms with van der Waals surface area (Å²) in [4.78, 5) is 1.56. The molecular formula is C26H32N2O2S2. The molecule has 3 aromatic carbocycles. The van der Waals surface area contributed by atoms with E-state index in [1.54, 1.807) is 0 Å². The Morgan fingerprint density at radius 2 is 0.906 bits per heavy atom. The van der Waals surface area contributed by atoms with Crippen LogP contribution in [-0.4, -0.2) is 22.7 Å². The maximum absolute atomic E-state index is 10.2. The predicted octanol–water partition coefficient (Wildman–Crippen LogP) is 6.36. The molecule has 0 saturated heterocycles. The highest BCUT2D eigenvalue weighted by molar-refractivity contribution is 7.99. The van der Waals surface area contributed by atoms with E-state index in [1.165, 1.54) is 23.5 Å². The van der Waals surface area contributed by atoms with Crippen LogP contribution < -0.4 is 11.5 Å². The maximum Gasteiger partial charge on any atom is 0.152 e. The highest BCUT2D eigenvalue weighted by Gasteiger charge is 2.28. The maximum atomic E-state index is 10.2. The zero-order valence-electron chi connectivity index (χ0n) is 19.5. The van der Waals surface area contributed by atoms with Crippen LogP contribution in [0.5, 0.6) is 11.5 Å². The summed E-state index contributed by atoms with van der Waals surface area (Å²) < 4.78 is 0. The molecule has 0 radical (unpaired) electrons. The van der Waals surface area contributed by atoms with Crippen molar-refractivity contribution in [2.45, 2.75) is 48.3 Å². The molecule has 0 saturated carbocycles. The Kier molecular flexibility index (Phi) is 6.68. The first-order valence-corrected chi connectivity index (χ1v) is 12.8. The SMILES string of the molecule is CSc1cc(C(C)(C)c2ccc(C(C)(C)c3cc(N)c(O)c(SC)c3)cc2)cc(N)c1O. The standard InChI is InChI=1S/C26H32N2O2S2/c1-25(2,17-11-19(27)23(29)21(13-17)31-5)15-7-9-16(10-8-15)26(3,4)18-12-20(28)24(30)22(14-18)32-6/h7-14,29-30H,27-28H2,1-6H3. The first kappa shape index (κ1) is 24.2. The summed E-state index contributed by atoms with van der Waals surface area (Å²) in [6.45, 7) is 8.64. The van der Waals surface area contributed by atoms with Gasteiger partial charge in [-0.05, 0) is 59.0 Å². The molecule has 0 unspecified atom stereocenters. The van der Waals surface area contributed by atoms with Gasteiger partial charge in [0.05, 0.1) is 21.2 Å². The Labute approximate surface area is 199 Å². The normalized spacial score (nSPS) is 12.2. The van der Waals surface area contributed by atoms with Crippen LogP contribution in [0.25, 0.3) is 0 Å². The molecule has 6 heteroatoms. The van der Waals surface area contributed by atoms with Gasteiger partial charge in [-0.3, -0.25) is 0 Å². The highest BCUT2D eigenvalue weighted by atomic mass is 32.2. The fourth-order valence-electron chi connectivity index (χ4n) is 3.93. The predicted molar refractivity (Wildman–Crippen MR) is 139 cm³/mol. The number of nitrogens with two attached hydrogens (primary N) is 2. The van der Waals surface area contributed by atoms with Crippen molar-refractivity contribution in [1.82, 2.24) is 0 Å². The van der Waals surface area contributed by atoms with E-state index in [0.29, 0.717) is 11.4 Å². The molecule has 0 heterocycles. The molecule has 4 nitrogen and oxygen atoms in total. The van der Waals surface area contributed by atoms with Gasteiger partial charge in [0, 0.05) is 10.8 Å². The number of nitrogen functional groups attached to an aromatic ring is 2. The van der Waals surface area contributed by atoms with Crippen LogP contribution in [0.15, 0.2) is 58.3 Å². The second kappa shape index (κ2) is 8.83. The quantitative estimate of drug-likeness (QED) is 0.191. The van der Waals surface area contributed by atoms with E-state index in [2.05, 4.69) is 52.0 Å². The third-order valence-electron chi connectivity index (χ3n) is 6.42. The largest absolute Gasteiger partial charge is 0.505 e. The van der Waals surface area contributed by atoms with Gasteiger partial charge in [-0.2, -0.15) is 0 Å². The minimum absolute atomic E-state index is 0.145. The highest BCUT2D eigenvalue weighted by Crippen LogP contribution is 2.42. The third kappa shape index (κ3) is 4.26. The lowest BCUT2D eigenvalue weighted by Gasteiger charge is -2.30. The van der Waals surface area contributed by atoms with E-state index < -0.39 is 0 Å². The lowest BCUT2D eigenvalue weighted by Crippen LogP contribution is -2.22. The number of hydrogen-bond donors (Lipinski definition) is 4. The fourth-order valence-corrected chi connectivity index (χ4v) is 5.04. The Hall–Kier alpha value is -2.44. The van der Waals surface area contributed by atoms with Crippen molar-refractivity contribution in [2.75, 3.05) is 24.0 Å². The molecular weight excluding hydrogens is 436 g/mol. The Bertz CT molecular complexity index is 1050. The van der Waals surface area contributed by atoms with Crippen LogP contribution >= 0.6 is 23.5 Å². The number of aromatic hydroxyl groups is 2. The van der Waals surface area contributed by atoms with Gasteiger partial charge in [-0.25, -0.2) is 0 Å². The molecule has 3 aromatic rings. The molecule has 0 fully saturated rings. The van der Waals surface area contributed by atoms with Crippen molar-refractivity contribution in [3.63, 3.8) is 0 Å². The summed E-state index contributed by atoms with van der Waals surface area (Å²) in [7, 11) is 0. The Balaban J connectivity index is 2.00. The van der Waals surface area contributed by atoms with Crippen molar-refractivity contribution in [3.8, 4) is 11.5 Å². The number of phenols is 2. The molecule has 0 spiro atoms. The number of anilines is 2. The number of phenolic OH excluding ortho intramolecular Hbond substituents is 2. The topological polar surface area (TPSA) is 92.5 Å². The molecule has 3 rings (SSSR count). The van der Waals surface area contributed by atoms with Gasteiger partial charge in [-0.1, -0.05) is 52.0 Å². The van der Waals surface area contributed by atoms with Gasteiger partial charge in [0.1, 0.15) is 0 Å². The molecule has 0 aliphatic rings. The van der Waals surface area contributed by atoms with Gasteiger partial charge >= 0.3 is 0 Å². The first-order valence-electron chi connectivity index (χ1n) is 10.4. The zero-order chi connectivity index (χ0) is 23.8. The minimum atomic E-state index is -0.288. The summed E-state index contributed by atoms with van der Waals surface area (Å²) in [6.07, 6.45) is 3.86.